The first-order valence-electron chi connectivity index (χ1n) is 21.8. The molecule has 5 unspecified atom stereocenters. The smallest absolute Gasteiger partial charge is 0.155 e. The van der Waals surface area contributed by atoms with Gasteiger partial charge in [-0.05, 0) is 123 Å². The number of hydrogen-bond donors (Lipinski definition) is 0. The quantitative estimate of drug-likeness (QED) is 0.151. The van der Waals surface area contributed by atoms with E-state index in [4.69, 9.17) is 15.0 Å². The summed E-state index contributed by atoms with van der Waals surface area (Å²) in [5.41, 5.74) is 14.2. The molecule has 5 aromatic carbocycles. The second-order valence-corrected chi connectivity index (χ2v) is 17.2. The van der Waals surface area contributed by atoms with Crippen LogP contribution < -0.4 is 0 Å². The van der Waals surface area contributed by atoms with Crippen LogP contribution in [-0.4, -0.2) is 23.8 Å². The van der Waals surface area contributed by atoms with Crippen LogP contribution in [0.4, 0.5) is 0 Å². The molecule has 0 saturated heterocycles. The van der Waals surface area contributed by atoms with E-state index >= 15 is 0 Å². The molecule has 0 bridgehead atoms. The van der Waals surface area contributed by atoms with Crippen molar-refractivity contribution >= 4 is 40.2 Å². The Morgan fingerprint density at radius 2 is 1.56 bits per heavy atom. The highest BCUT2D eigenvalue weighted by atomic mass is 15.1. The first-order chi connectivity index (χ1) is 29.2. The summed E-state index contributed by atoms with van der Waals surface area (Å²) in [6, 6.07) is 42.6. The first kappa shape index (κ1) is 35.9. The van der Waals surface area contributed by atoms with Gasteiger partial charge < -0.3 is 0 Å². The Hall–Kier alpha value is -6.19. The Bertz CT molecular complexity index is 2730. The van der Waals surface area contributed by atoms with Crippen molar-refractivity contribution in [3.05, 3.63) is 203 Å². The number of amidine groups is 1. The van der Waals surface area contributed by atoms with Gasteiger partial charge >= 0.3 is 0 Å². The summed E-state index contributed by atoms with van der Waals surface area (Å²) in [4.78, 5) is 15.6. The van der Waals surface area contributed by atoms with Crippen molar-refractivity contribution in [1.82, 2.24) is 0 Å². The Kier molecular flexibility index (Phi) is 9.46. The van der Waals surface area contributed by atoms with E-state index in [2.05, 4.69) is 176 Å². The molecule has 11 rings (SSSR count). The highest BCUT2D eigenvalue weighted by Gasteiger charge is 2.56. The summed E-state index contributed by atoms with van der Waals surface area (Å²) in [5.74, 6) is 2.72. The summed E-state index contributed by atoms with van der Waals surface area (Å²) < 4.78 is 0. The predicted octanol–water partition coefficient (Wildman–Crippen LogP) is 13.7. The normalized spacial score (nSPS) is 25.7. The number of hydrogen-bond acceptors (Lipinski definition) is 3. The maximum absolute atomic E-state index is 5.47. The van der Waals surface area contributed by atoms with Crippen LogP contribution >= 0.6 is 0 Å². The van der Waals surface area contributed by atoms with Gasteiger partial charge in [-0.2, -0.15) is 0 Å². The molecule has 3 heteroatoms. The van der Waals surface area contributed by atoms with E-state index < -0.39 is 0 Å². The molecule has 2 fully saturated rings. The van der Waals surface area contributed by atoms with Crippen molar-refractivity contribution in [2.75, 3.05) is 0 Å². The molecule has 3 nitrogen and oxygen atoms in total. The predicted molar refractivity (Wildman–Crippen MR) is 248 cm³/mol. The molecule has 0 amide bonds. The first-order valence-corrected chi connectivity index (χ1v) is 21.8. The standard InChI is InChI=1S/C56H49N3/c1-2-12-39(13-3-1)49-19-8-6-14-40(49)24-21-37-22-25-43(26-23-37)54-53-52(42-30-28-41(29-31-42)51-36-57-35-48-16-7-9-20-50(48)51)55(53)59-56(58-54)47-18-10-17-45(34-47)46-32-27-38-11-4-5-15-44(38)33-46/h1-2,4-6,8,10-12,14-15,17-19,21-22,24-37,50-53,55H,3,7,9,13,16,20,23H2/b24-21+/t37?,50?,51?,52?,53?,55-/m1/s1. The van der Waals surface area contributed by atoms with Gasteiger partial charge in [-0.15, -0.1) is 0 Å². The molecule has 0 radical (unpaired) electrons. The van der Waals surface area contributed by atoms with Crippen molar-refractivity contribution in [3.63, 3.8) is 0 Å². The van der Waals surface area contributed by atoms with Crippen LogP contribution in [0.15, 0.2) is 190 Å². The summed E-state index contributed by atoms with van der Waals surface area (Å²) in [6.45, 7) is 0. The molecule has 0 spiro atoms. The van der Waals surface area contributed by atoms with Gasteiger partial charge in [0, 0.05) is 35.7 Å². The van der Waals surface area contributed by atoms with Gasteiger partial charge in [0.25, 0.3) is 0 Å². The number of nitrogens with zero attached hydrogens (tertiary/aromatic N) is 3. The van der Waals surface area contributed by atoms with E-state index in [0.29, 0.717) is 23.7 Å². The van der Waals surface area contributed by atoms with E-state index in [9.17, 15) is 0 Å². The van der Waals surface area contributed by atoms with Crippen LogP contribution in [0.3, 0.4) is 0 Å². The molecule has 0 N–H and O–H groups in total. The van der Waals surface area contributed by atoms with Gasteiger partial charge in [0.05, 0.1) is 11.8 Å². The molecule has 288 valence electrons. The maximum Gasteiger partial charge on any atom is 0.155 e. The zero-order chi connectivity index (χ0) is 39.1. The van der Waals surface area contributed by atoms with Crippen LogP contribution in [0.25, 0.3) is 33.5 Å². The molecule has 6 aliphatic rings. The summed E-state index contributed by atoms with van der Waals surface area (Å²) >= 11 is 0. The third kappa shape index (κ3) is 7.07. The van der Waals surface area contributed by atoms with Crippen molar-refractivity contribution in [1.29, 1.82) is 0 Å². The summed E-state index contributed by atoms with van der Waals surface area (Å²) in [5, 5.41) is 2.50. The van der Waals surface area contributed by atoms with Gasteiger partial charge in [0.2, 0.25) is 0 Å². The maximum atomic E-state index is 5.47. The van der Waals surface area contributed by atoms with Gasteiger partial charge in [0.1, 0.15) is 0 Å². The SMILES string of the molecule is C1=CCCC(c2ccccc2/C=C/C2C=CC(C3=NC(c4cccc(-c5ccc6ccccc6c5)c4)=N[C@H]4C3C4c3ccc(C4C=NC=C5CCCCC54)cc3)=CC2)=C1. The highest BCUT2D eigenvalue weighted by molar-refractivity contribution is 6.18. The Balaban J connectivity index is 0.888. The lowest BCUT2D eigenvalue weighted by molar-refractivity contribution is 0.430. The van der Waals surface area contributed by atoms with E-state index in [-0.39, 0.29) is 12.0 Å². The lowest BCUT2D eigenvalue weighted by Gasteiger charge is -2.32. The van der Waals surface area contributed by atoms with Gasteiger partial charge in [0.15, 0.2) is 5.84 Å². The van der Waals surface area contributed by atoms with E-state index in [1.54, 1.807) is 5.57 Å². The molecule has 6 atom stereocenters. The van der Waals surface area contributed by atoms with Gasteiger partial charge in [-0.3, -0.25) is 9.98 Å². The zero-order valence-corrected chi connectivity index (χ0v) is 33.5. The molecule has 0 aromatic heterocycles. The number of fused-ring (bicyclic) bond motifs is 3. The second kappa shape index (κ2) is 15.5. The highest BCUT2D eigenvalue weighted by Crippen LogP contribution is 2.55. The van der Waals surface area contributed by atoms with Crippen LogP contribution in [0.2, 0.25) is 0 Å². The number of rotatable bonds is 8. The molecular weight excluding hydrogens is 715 g/mol. The molecule has 2 saturated carbocycles. The fourth-order valence-corrected chi connectivity index (χ4v) is 10.3. The molecule has 5 aromatic rings. The van der Waals surface area contributed by atoms with Crippen LogP contribution in [0.1, 0.15) is 84.6 Å². The van der Waals surface area contributed by atoms with E-state index in [1.807, 2.05) is 0 Å². The minimum atomic E-state index is 0.171. The largest absolute Gasteiger partial charge is 0.268 e. The summed E-state index contributed by atoms with van der Waals surface area (Å²) in [7, 11) is 0. The Morgan fingerprint density at radius 1 is 0.712 bits per heavy atom. The van der Waals surface area contributed by atoms with E-state index in [1.165, 1.54) is 86.7 Å². The zero-order valence-electron chi connectivity index (χ0n) is 33.5. The number of allylic oxidation sites excluding steroid dienone is 10. The minimum absolute atomic E-state index is 0.171. The van der Waals surface area contributed by atoms with Crippen molar-refractivity contribution in [2.24, 2.45) is 32.7 Å². The monoisotopic (exact) mass is 763 g/mol. The average molecular weight is 764 g/mol. The van der Waals surface area contributed by atoms with Gasteiger partial charge in [-0.25, -0.2) is 4.99 Å². The van der Waals surface area contributed by atoms with Crippen molar-refractivity contribution in [3.8, 4) is 11.1 Å². The van der Waals surface area contributed by atoms with Crippen molar-refractivity contribution < 1.29 is 0 Å². The Labute approximate surface area is 348 Å². The molecular formula is C56H49N3. The van der Waals surface area contributed by atoms with E-state index in [0.717, 1.165) is 30.7 Å². The van der Waals surface area contributed by atoms with Crippen LogP contribution in [0.5, 0.6) is 0 Å². The van der Waals surface area contributed by atoms with Crippen LogP contribution in [-0.2, 0) is 0 Å². The number of aliphatic imine (C=N–C) groups is 3. The van der Waals surface area contributed by atoms with Gasteiger partial charge in [-0.1, -0.05) is 158 Å². The Morgan fingerprint density at radius 3 is 2.44 bits per heavy atom. The minimum Gasteiger partial charge on any atom is -0.268 e. The fourth-order valence-electron chi connectivity index (χ4n) is 10.3. The molecule has 4 aliphatic carbocycles. The molecule has 59 heavy (non-hydrogen) atoms. The summed E-state index contributed by atoms with van der Waals surface area (Å²) in [6.07, 6.45) is 31.1. The van der Waals surface area contributed by atoms with Crippen molar-refractivity contribution in [2.45, 2.75) is 62.8 Å². The second-order valence-electron chi connectivity index (χ2n) is 17.2. The average Bonchev–Trinajstić information content (AvgIpc) is 4.05. The molecule has 2 aliphatic heterocycles. The van der Waals surface area contributed by atoms with Crippen LogP contribution in [0, 0.1) is 17.8 Å². The number of benzene rings is 5. The topological polar surface area (TPSA) is 37.1 Å². The third-order valence-electron chi connectivity index (χ3n) is 13.6. The fraction of sp³-hybridized carbons (Fsp3) is 0.232. The molecule has 2 heterocycles. The lowest BCUT2D eigenvalue weighted by atomic mass is 9.73. The lowest BCUT2D eigenvalue weighted by Crippen LogP contribution is -2.22. The third-order valence-corrected chi connectivity index (χ3v) is 13.6.